The smallest absolute Gasteiger partial charge is 0.284 e. The molecular weight excluding hydrogens is 290 g/mol. The highest BCUT2D eigenvalue weighted by Crippen LogP contribution is 2.17. The van der Waals surface area contributed by atoms with Crippen molar-refractivity contribution in [1.29, 1.82) is 0 Å². The molecule has 9 nitrogen and oxygen atoms in total. The number of nitro benzene ring substituents is 1. The molecule has 3 rings (SSSR count). The summed E-state index contributed by atoms with van der Waals surface area (Å²) in [5.41, 5.74) is 0.850. The molecule has 22 heavy (non-hydrogen) atoms. The Balaban J connectivity index is 1.77. The van der Waals surface area contributed by atoms with E-state index in [0.717, 1.165) is 5.56 Å². The number of likely N-dealkylation sites (N-methyl/N-ethyl adjacent to an activating group) is 1. The highest BCUT2D eigenvalue weighted by molar-refractivity contribution is 6.00. The Kier molecular flexibility index (Phi) is 3.24. The first-order chi connectivity index (χ1) is 10.5. The molecule has 2 aliphatic rings. The Morgan fingerprint density at radius 2 is 2.00 bits per heavy atom. The lowest BCUT2D eigenvalue weighted by Crippen LogP contribution is -2.65. The molecule has 2 aliphatic heterocycles. The molecule has 2 atom stereocenters. The first-order valence-corrected chi connectivity index (χ1v) is 6.63. The summed E-state index contributed by atoms with van der Waals surface area (Å²) in [6.07, 6.45) is 1.24. The maximum absolute atomic E-state index is 12.0. The van der Waals surface area contributed by atoms with Gasteiger partial charge in [-0.25, -0.2) is 9.37 Å². The fraction of sp³-hybridized carbons (Fsp3) is 0.308. The number of hydrogen-bond acceptors (Lipinski definition) is 5. The summed E-state index contributed by atoms with van der Waals surface area (Å²) in [5, 5.41) is 15.9. The van der Waals surface area contributed by atoms with Crippen molar-refractivity contribution >= 4 is 24.0 Å². The first kappa shape index (κ1) is 14.0. The molecule has 0 aromatic heterocycles. The number of nitrogens with zero attached hydrogens (tertiary/aromatic N) is 3. The Labute approximate surface area is 125 Å². The van der Waals surface area contributed by atoms with E-state index in [9.17, 15) is 19.7 Å². The van der Waals surface area contributed by atoms with E-state index in [1.807, 2.05) is 0 Å². The molecule has 1 aromatic carbocycles. The molecule has 2 N–H and O–H groups in total. The number of nitrogens with one attached hydrogen (secondary N) is 2. The molecule has 0 bridgehead atoms. The van der Waals surface area contributed by atoms with E-state index in [0.29, 0.717) is 6.54 Å². The van der Waals surface area contributed by atoms with E-state index in [4.69, 9.17) is 0 Å². The van der Waals surface area contributed by atoms with Gasteiger partial charge in [-0.2, -0.15) is 0 Å². The predicted octanol–water partition coefficient (Wildman–Crippen LogP) is -0.385. The molecule has 0 aliphatic carbocycles. The number of carbonyl (C=O) groups is 2. The second-order valence-corrected chi connectivity index (χ2v) is 5.19. The van der Waals surface area contributed by atoms with Gasteiger partial charge in [-0.05, 0) is 17.7 Å². The average Bonchev–Trinajstić information content (AvgIpc) is 2.90. The van der Waals surface area contributed by atoms with Crippen molar-refractivity contribution in [2.45, 2.75) is 18.8 Å². The van der Waals surface area contributed by atoms with Gasteiger partial charge in [0.1, 0.15) is 6.54 Å². The number of carbonyl (C=O) groups excluding carboxylic acids is 2. The van der Waals surface area contributed by atoms with Crippen molar-refractivity contribution in [3.8, 4) is 0 Å². The lowest BCUT2D eigenvalue weighted by atomic mass is 10.1. The van der Waals surface area contributed by atoms with Crippen LogP contribution in [0.25, 0.3) is 0 Å². The zero-order chi connectivity index (χ0) is 15.9. The fourth-order valence-corrected chi connectivity index (χ4v) is 2.61. The Morgan fingerprint density at radius 1 is 1.32 bits per heavy atom. The summed E-state index contributed by atoms with van der Waals surface area (Å²) in [6, 6.07) is 5.17. The summed E-state index contributed by atoms with van der Waals surface area (Å²) < 4.78 is 1.77. The first-order valence-electron chi connectivity index (χ1n) is 6.63. The van der Waals surface area contributed by atoms with Crippen LogP contribution in [0.5, 0.6) is 0 Å². The Hall–Kier alpha value is -2.97. The summed E-state index contributed by atoms with van der Waals surface area (Å²) in [4.78, 5) is 35.2. The molecule has 1 fully saturated rings. The molecule has 3 amide bonds. The molecule has 2 heterocycles. The van der Waals surface area contributed by atoms with Gasteiger partial charge in [0.25, 0.3) is 11.6 Å². The van der Waals surface area contributed by atoms with Gasteiger partial charge < -0.3 is 0 Å². The van der Waals surface area contributed by atoms with E-state index in [2.05, 4.69) is 10.6 Å². The average molecular weight is 304 g/mol. The largest absolute Gasteiger partial charge is 0.327 e. The lowest BCUT2D eigenvalue weighted by molar-refractivity contribution is -0.561. The van der Waals surface area contributed by atoms with Crippen LogP contribution in [0, 0.1) is 10.1 Å². The van der Waals surface area contributed by atoms with E-state index in [1.54, 1.807) is 30.1 Å². The number of fused-ring (bicyclic) bond motifs is 1. The molecule has 0 saturated carbocycles. The highest BCUT2D eigenvalue weighted by atomic mass is 16.6. The Morgan fingerprint density at radius 3 is 2.64 bits per heavy atom. The summed E-state index contributed by atoms with van der Waals surface area (Å²) in [5.74, 6) is -0.365. The standard InChI is InChI=1S/C13H13N5O4/c1-16-11-10(12(19)15-13(16)20)17(7-14-11)6-8-2-4-9(5-3-8)18(21)22/h2-5,7,10-11H,6H2,1H3,(H,15,19,20)/p+1/t10-,11-/m1/s1. The number of urea groups is 1. The van der Waals surface area contributed by atoms with E-state index < -0.39 is 23.2 Å². The van der Waals surface area contributed by atoms with Crippen LogP contribution in [0.2, 0.25) is 0 Å². The predicted molar refractivity (Wildman–Crippen MR) is 75.1 cm³/mol. The van der Waals surface area contributed by atoms with Gasteiger partial charge in [0, 0.05) is 19.2 Å². The summed E-state index contributed by atoms with van der Waals surface area (Å²) in [6.45, 7) is 0.404. The Bertz CT molecular complexity index is 684. The minimum absolute atomic E-state index is 0.0193. The van der Waals surface area contributed by atoms with Crippen molar-refractivity contribution in [3.63, 3.8) is 0 Å². The molecule has 9 heteroatoms. The zero-order valence-electron chi connectivity index (χ0n) is 11.7. The summed E-state index contributed by atoms with van der Waals surface area (Å²) >= 11 is 0. The van der Waals surface area contributed by atoms with Crippen LogP contribution in [0.4, 0.5) is 10.5 Å². The fourth-order valence-electron chi connectivity index (χ4n) is 2.61. The number of rotatable bonds is 3. The van der Waals surface area contributed by atoms with Gasteiger partial charge in [0.05, 0.1) is 4.92 Å². The zero-order valence-corrected chi connectivity index (χ0v) is 11.7. The normalized spacial score (nSPS) is 23.5. The van der Waals surface area contributed by atoms with Crippen LogP contribution in [0.3, 0.4) is 0 Å². The van der Waals surface area contributed by atoms with E-state index in [1.165, 1.54) is 17.0 Å². The molecule has 0 spiro atoms. The molecular formula is C13H14N5O4+. The van der Waals surface area contributed by atoms with Gasteiger partial charge in [0.15, 0.2) is 0 Å². The van der Waals surface area contributed by atoms with Gasteiger partial charge in [-0.1, -0.05) is 0 Å². The molecule has 1 saturated heterocycles. The van der Waals surface area contributed by atoms with Crippen LogP contribution in [-0.4, -0.2) is 51.9 Å². The van der Waals surface area contributed by atoms with Crippen molar-refractivity contribution in [1.82, 2.24) is 15.5 Å². The van der Waals surface area contributed by atoms with Crippen molar-refractivity contribution in [2.75, 3.05) is 7.05 Å². The third kappa shape index (κ3) is 2.26. The van der Waals surface area contributed by atoms with Crippen molar-refractivity contribution < 1.29 is 19.1 Å². The van der Waals surface area contributed by atoms with Gasteiger partial charge in [-0.3, -0.25) is 30.4 Å². The summed E-state index contributed by atoms with van der Waals surface area (Å²) in [7, 11) is 1.61. The molecule has 114 valence electrons. The van der Waals surface area contributed by atoms with Crippen molar-refractivity contribution in [2.24, 2.45) is 0 Å². The minimum Gasteiger partial charge on any atom is -0.284 e. The third-order valence-corrected chi connectivity index (χ3v) is 3.82. The minimum atomic E-state index is -0.530. The second kappa shape index (κ2) is 5.10. The maximum Gasteiger partial charge on any atom is 0.327 e. The highest BCUT2D eigenvalue weighted by Gasteiger charge is 2.49. The number of imide groups is 1. The maximum atomic E-state index is 12.0. The van der Waals surface area contributed by atoms with Crippen LogP contribution in [0.15, 0.2) is 24.3 Å². The van der Waals surface area contributed by atoms with Crippen LogP contribution < -0.4 is 10.6 Å². The third-order valence-electron chi connectivity index (χ3n) is 3.82. The SMILES string of the molecule is CN1C(=O)NC(=O)[C@H]2[C@@H]1NC=[N+]2Cc1ccc([N+](=O)[O-])cc1. The van der Waals surface area contributed by atoms with E-state index in [-0.39, 0.29) is 11.6 Å². The van der Waals surface area contributed by atoms with Gasteiger partial charge in [-0.15, -0.1) is 0 Å². The number of benzene rings is 1. The van der Waals surface area contributed by atoms with Crippen molar-refractivity contribution in [3.05, 3.63) is 39.9 Å². The number of nitro groups is 1. The lowest BCUT2D eigenvalue weighted by Gasteiger charge is -2.30. The van der Waals surface area contributed by atoms with Crippen LogP contribution in [-0.2, 0) is 11.3 Å². The van der Waals surface area contributed by atoms with Crippen LogP contribution >= 0.6 is 0 Å². The van der Waals surface area contributed by atoms with Gasteiger partial charge in [0.2, 0.25) is 18.5 Å². The molecule has 0 radical (unpaired) electrons. The van der Waals surface area contributed by atoms with Crippen LogP contribution in [0.1, 0.15) is 5.56 Å². The topological polar surface area (TPSA) is 108 Å². The second-order valence-electron chi connectivity index (χ2n) is 5.19. The number of hydrogen-bond donors (Lipinski definition) is 2. The monoisotopic (exact) mass is 304 g/mol. The number of non-ortho nitro benzene ring substituents is 1. The number of amides is 3. The molecule has 1 aromatic rings. The van der Waals surface area contributed by atoms with E-state index >= 15 is 0 Å². The quantitative estimate of drug-likeness (QED) is 0.449. The van der Waals surface area contributed by atoms with Gasteiger partial charge >= 0.3 is 6.03 Å². The molecule has 0 unspecified atom stereocenters.